The van der Waals surface area contributed by atoms with E-state index in [2.05, 4.69) is 30.7 Å². The van der Waals surface area contributed by atoms with Crippen molar-refractivity contribution in [2.24, 2.45) is 5.92 Å². The van der Waals surface area contributed by atoms with Gasteiger partial charge in [0.1, 0.15) is 5.82 Å². The second-order valence-corrected chi connectivity index (χ2v) is 6.87. The number of halogens is 1. The molecule has 0 amide bonds. The van der Waals surface area contributed by atoms with Gasteiger partial charge in [-0.2, -0.15) is 0 Å². The van der Waals surface area contributed by atoms with Crippen molar-refractivity contribution in [2.45, 2.75) is 19.4 Å². The fraction of sp³-hybridized carbons (Fsp3) is 0.417. The molecule has 0 saturated heterocycles. The lowest BCUT2D eigenvalue weighted by Gasteiger charge is -2.21. The fourth-order valence-corrected chi connectivity index (χ4v) is 3.69. The van der Waals surface area contributed by atoms with Gasteiger partial charge in [-0.25, -0.2) is 0 Å². The number of rotatable bonds is 2. The summed E-state index contributed by atoms with van der Waals surface area (Å²) in [5.74, 6) is 1.49. The van der Waals surface area contributed by atoms with Crippen LogP contribution in [0, 0.1) is 5.92 Å². The molecule has 3 heterocycles. The van der Waals surface area contributed by atoms with Gasteiger partial charge in [0.25, 0.3) is 0 Å². The third kappa shape index (κ3) is 2.32. The molecule has 0 radical (unpaired) electrons. The molecule has 0 aromatic carbocycles. The van der Waals surface area contributed by atoms with Gasteiger partial charge < -0.3 is 9.30 Å². The van der Waals surface area contributed by atoms with E-state index in [-0.39, 0.29) is 11.9 Å². The Bertz CT molecular complexity index is 622. The van der Waals surface area contributed by atoms with Crippen LogP contribution in [0.1, 0.15) is 12.2 Å². The van der Waals surface area contributed by atoms with Gasteiger partial charge in [-0.15, -0.1) is 21.5 Å². The van der Waals surface area contributed by atoms with E-state index in [4.69, 9.17) is 4.74 Å². The van der Waals surface area contributed by atoms with E-state index in [1.54, 1.807) is 11.3 Å². The number of nitrogens with zero attached hydrogens (tertiary/aromatic N) is 3. The maximum absolute atomic E-state index is 11.6. The van der Waals surface area contributed by atoms with Crippen molar-refractivity contribution >= 4 is 33.2 Å². The minimum Gasteiger partial charge on any atom is -0.469 e. The molecule has 3 rings (SSSR count). The SMILES string of the molecule is COC(=O)C1CCn2c(nnc2-c2ccc(Br)s2)C1. The van der Waals surface area contributed by atoms with Gasteiger partial charge in [0, 0.05) is 13.0 Å². The summed E-state index contributed by atoms with van der Waals surface area (Å²) in [7, 11) is 1.43. The van der Waals surface area contributed by atoms with Crippen LogP contribution in [0.5, 0.6) is 0 Å². The topological polar surface area (TPSA) is 57.0 Å². The summed E-state index contributed by atoms with van der Waals surface area (Å²) in [4.78, 5) is 12.7. The number of methoxy groups -OCH3 is 1. The molecule has 1 aliphatic rings. The lowest BCUT2D eigenvalue weighted by molar-refractivity contribution is -0.146. The minimum atomic E-state index is -0.158. The molecule has 1 aliphatic heterocycles. The Balaban J connectivity index is 1.90. The number of fused-ring (bicyclic) bond motifs is 1. The molecule has 0 aliphatic carbocycles. The first-order valence-corrected chi connectivity index (χ1v) is 7.55. The minimum absolute atomic E-state index is 0.0929. The van der Waals surface area contributed by atoms with Gasteiger partial charge in [0.05, 0.1) is 21.7 Å². The van der Waals surface area contributed by atoms with Crippen LogP contribution in [0.4, 0.5) is 0 Å². The van der Waals surface area contributed by atoms with Gasteiger partial charge in [-0.3, -0.25) is 4.79 Å². The quantitative estimate of drug-likeness (QED) is 0.787. The first-order valence-electron chi connectivity index (χ1n) is 5.94. The highest BCUT2D eigenvalue weighted by Crippen LogP contribution is 2.32. The average molecular weight is 342 g/mol. The van der Waals surface area contributed by atoms with Crippen LogP contribution in [-0.2, 0) is 22.5 Å². The van der Waals surface area contributed by atoms with Crippen molar-refractivity contribution in [1.29, 1.82) is 0 Å². The van der Waals surface area contributed by atoms with Crippen molar-refractivity contribution in [3.63, 3.8) is 0 Å². The average Bonchev–Trinajstić information content (AvgIpc) is 3.02. The molecule has 0 spiro atoms. The van der Waals surface area contributed by atoms with Crippen molar-refractivity contribution in [2.75, 3.05) is 7.11 Å². The highest BCUT2D eigenvalue weighted by atomic mass is 79.9. The number of aromatic nitrogens is 3. The Morgan fingerprint density at radius 3 is 3.05 bits per heavy atom. The summed E-state index contributed by atoms with van der Waals surface area (Å²) in [6, 6.07) is 4.03. The molecule has 5 nitrogen and oxygen atoms in total. The first-order chi connectivity index (χ1) is 9.19. The highest BCUT2D eigenvalue weighted by molar-refractivity contribution is 9.11. The Morgan fingerprint density at radius 2 is 2.37 bits per heavy atom. The number of carbonyl (C=O) groups is 1. The molecule has 100 valence electrons. The molecule has 0 bridgehead atoms. The zero-order valence-electron chi connectivity index (χ0n) is 10.3. The van der Waals surface area contributed by atoms with Crippen molar-refractivity contribution in [3.05, 3.63) is 21.7 Å². The molecule has 1 unspecified atom stereocenters. The van der Waals surface area contributed by atoms with Gasteiger partial charge in [0.2, 0.25) is 0 Å². The molecule has 7 heteroatoms. The Morgan fingerprint density at radius 1 is 1.53 bits per heavy atom. The predicted molar refractivity (Wildman–Crippen MR) is 74.9 cm³/mol. The molecular weight excluding hydrogens is 330 g/mol. The fourth-order valence-electron chi connectivity index (χ4n) is 2.31. The van der Waals surface area contributed by atoms with Gasteiger partial charge in [-0.1, -0.05) is 0 Å². The Hall–Kier alpha value is -1.21. The summed E-state index contributed by atoms with van der Waals surface area (Å²) in [5.41, 5.74) is 0. The molecule has 0 N–H and O–H groups in total. The molecule has 0 fully saturated rings. The molecule has 2 aromatic heterocycles. The monoisotopic (exact) mass is 341 g/mol. The summed E-state index contributed by atoms with van der Waals surface area (Å²) in [6.07, 6.45) is 1.38. The molecular formula is C12H12BrN3O2S. The van der Waals surface area contributed by atoms with Crippen LogP contribution >= 0.6 is 27.3 Å². The third-order valence-electron chi connectivity index (χ3n) is 3.29. The lowest BCUT2D eigenvalue weighted by Crippen LogP contribution is -2.27. The molecule has 1 atom stereocenters. The third-order valence-corrected chi connectivity index (χ3v) is 4.91. The second kappa shape index (κ2) is 5.05. The zero-order chi connectivity index (χ0) is 13.4. The lowest BCUT2D eigenvalue weighted by atomic mass is 9.98. The van der Waals surface area contributed by atoms with Gasteiger partial charge in [-0.05, 0) is 34.5 Å². The standard InChI is InChI=1S/C12H12BrN3O2S/c1-18-12(17)7-4-5-16-10(6-7)14-15-11(16)8-2-3-9(13)19-8/h2-3,7H,4-6H2,1H3. The summed E-state index contributed by atoms with van der Waals surface area (Å²) in [6.45, 7) is 0.757. The van der Waals surface area contributed by atoms with Crippen LogP contribution in [-0.4, -0.2) is 27.8 Å². The first kappa shape index (κ1) is 12.8. The number of esters is 1. The number of ether oxygens (including phenoxy) is 1. The van der Waals surface area contributed by atoms with E-state index in [9.17, 15) is 4.79 Å². The number of thiophene rings is 1. The van der Waals surface area contributed by atoms with Crippen LogP contribution < -0.4 is 0 Å². The number of hydrogen-bond acceptors (Lipinski definition) is 5. The van der Waals surface area contributed by atoms with Gasteiger partial charge >= 0.3 is 5.97 Å². The zero-order valence-corrected chi connectivity index (χ0v) is 12.7. The largest absolute Gasteiger partial charge is 0.469 e. The predicted octanol–water partition coefficient (Wildman–Crippen LogP) is 2.50. The second-order valence-electron chi connectivity index (χ2n) is 4.41. The normalized spacial score (nSPS) is 18.1. The van der Waals surface area contributed by atoms with Crippen LogP contribution in [0.3, 0.4) is 0 Å². The van der Waals surface area contributed by atoms with Crippen molar-refractivity contribution in [1.82, 2.24) is 14.8 Å². The Labute approximate surface area is 122 Å². The van der Waals surface area contributed by atoms with Crippen LogP contribution in [0.15, 0.2) is 15.9 Å². The van der Waals surface area contributed by atoms with E-state index < -0.39 is 0 Å². The molecule has 19 heavy (non-hydrogen) atoms. The van der Waals surface area contributed by atoms with Crippen LogP contribution in [0.25, 0.3) is 10.7 Å². The van der Waals surface area contributed by atoms with E-state index in [0.29, 0.717) is 6.42 Å². The van der Waals surface area contributed by atoms with E-state index in [0.717, 1.165) is 33.3 Å². The van der Waals surface area contributed by atoms with E-state index in [1.807, 2.05) is 12.1 Å². The van der Waals surface area contributed by atoms with E-state index in [1.165, 1.54) is 7.11 Å². The molecule has 0 saturated carbocycles. The van der Waals surface area contributed by atoms with Gasteiger partial charge in [0.15, 0.2) is 5.82 Å². The number of carbonyl (C=O) groups excluding carboxylic acids is 1. The number of hydrogen-bond donors (Lipinski definition) is 0. The highest BCUT2D eigenvalue weighted by Gasteiger charge is 2.28. The van der Waals surface area contributed by atoms with Crippen LogP contribution in [0.2, 0.25) is 0 Å². The maximum atomic E-state index is 11.6. The summed E-state index contributed by atoms with van der Waals surface area (Å²) >= 11 is 5.08. The smallest absolute Gasteiger partial charge is 0.309 e. The maximum Gasteiger partial charge on any atom is 0.309 e. The van der Waals surface area contributed by atoms with Crippen molar-refractivity contribution < 1.29 is 9.53 Å². The molecule has 2 aromatic rings. The Kier molecular flexibility index (Phi) is 3.40. The summed E-state index contributed by atoms with van der Waals surface area (Å²) in [5, 5.41) is 8.46. The van der Waals surface area contributed by atoms with E-state index >= 15 is 0 Å². The van der Waals surface area contributed by atoms with Crippen molar-refractivity contribution in [3.8, 4) is 10.7 Å². The summed E-state index contributed by atoms with van der Waals surface area (Å²) < 4.78 is 7.97.